The van der Waals surface area contributed by atoms with Gasteiger partial charge in [-0.05, 0) is 43.2 Å². The lowest BCUT2D eigenvalue weighted by Crippen LogP contribution is -2.13. The van der Waals surface area contributed by atoms with Crippen molar-refractivity contribution in [2.75, 3.05) is 19.5 Å². The first-order valence-electron chi connectivity index (χ1n) is 9.58. The Labute approximate surface area is 165 Å². The van der Waals surface area contributed by atoms with Crippen molar-refractivity contribution in [3.63, 3.8) is 0 Å². The standard InChI is InChI=1S/C22H27N3O3/c1-5-6-7-8-20(26)24-22-21(23-19-12-9-15(2)14-25(19)22)16-10-11-17(27-3)18(13-16)28-4/h9-14H,5-8H2,1-4H3,(H,24,26). The fourth-order valence-electron chi connectivity index (χ4n) is 3.19. The maximum Gasteiger partial charge on any atom is 0.225 e. The zero-order chi connectivity index (χ0) is 20.1. The number of benzene rings is 1. The lowest BCUT2D eigenvalue weighted by atomic mass is 10.1. The summed E-state index contributed by atoms with van der Waals surface area (Å²) in [5.74, 6) is 1.94. The number of hydrogen-bond donors (Lipinski definition) is 1. The van der Waals surface area contributed by atoms with Crippen molar-refractivity contribution in [3.8, 4) is 22.8 Å². The SMILES string of the molecule is CCCCCC(=O)Nc1c(-c2ccc(OC)c(OC)c2)nc2ccc(C)cn12. The van der Waals surface area contributed by atoms with Crippen molar-refractivity contribution in [2.24, 2.45) is 0 Å². The van der Waals surface area contributed by atoms with E-state index in [0.717, 1.165) is 36.0 Å². The van der Waals surface area contributed by atoms with Crippen LogP contribution < -0.4 is 14.8 Å². The molecule has 0 bridgehead atoms. The molecule has 148 valence electrons. The first-order chi connectivity index (χ1) is 13.6. The highest BCUT2D eigenvalue weighted by Crippen LogP contribution is 2.35. The average Bonchev–Trinajstić information content (AvgIpc) is 3.05. The van der Waals surface area contributed by atoms with E-state index in [9.17, 15) is 4.79 Å². The van der Waals surface area contributed by atoms with Crippen LogP contribution >= 0.6 is 0 Å². The van der Waals surface area contributed by atoms with Gasteiger partial charge in [0.05, 0.1) is 14.2 Å². The molecule has 6 heteroatoms. The van der Waals surface area contributed by atoms with Gasteiger partial charge in [0.2, 0.25) is 5.91 Å². The number of unbranched alkanes of at least 4 members (excludes halogenated alkanes) is 2. The Hall–Kier alpha value is -3.02. The summed E-state index contributed by atoms with van der Waals surface area (Å²) in [6.45, 7) is 4.14. The quantitative estimate of drug-likeness (QED) is 0.567. The highest BCUT2D eigenvalue weighted by Gasteiger charge is 2.18. The van der Waals surface area contributed by atoms with E-state index < -0.39 is 0 Å². The Morgan fingerprint density at radius 3 is 2.61 bits per heavy atom. The van der Waals surface area contributed by atoms with Gasteiger partial charge in [-0.2, -0.15) is 0 Å². The number of ether oxygens (including phenoxy) is 2. The predicted molar refractivity (Wildman–Crippen MR) is 111 cm³/mol. The van der Waals surface area contributed by atoms with Gasteiger partial charge >= 0.3 is 0 Å². The normalized spacial score (nSPS) is 10.9. The Balaban J connectivity index is 2.05. The molecule has 0 saturated heterocycles. The number of nitrogens with zero attached hydrogens (tertiary/aromatic N) is 2. The molecule has 28 heavy (non-hydrogen) atoms. The Bertz CT molecular complexity index is 979. The molecule has 3 rings (SSSR count). The third-order valence-electron chi connectivity index (χ3n) is 4.69. The number of fused-ring (bicyclic) bond motifs is 1. The van der Waals surface area contributed by atoms with Crippen molar-refractivity contribution < 1.29 is 14.3 Å². The number of anilines is 1. The fraction of sp³-hybridized carbons (Fsp3) is 0.364. The number of carbonyl (C=O) groups is 1. The van der Waals surface area contributed by atoms with Crippen LogP contribution in [0.3, 0.4) is 0 Å². The summed E-state index contributed by atoms with van der Waals surface area (Å²) in [7, 11) is 3.21. The number of nitrogens with one attached hydrogen (secondary N) is 1. The molecule has 0 fully saturated rings. The predicted octanol–water partition coefficient (Wildman–Crippen LogP) is 4.85. The van der Waals surface area contributed by atoms with Crippen LogP contribution in [0.15, 0.2) is 36.5 Å². The second-order valence-corrected chi connectivity index (χ2v) is 6.82. The number of hydrogen-bond acceptors (Lipinski definition) is 4. The minimum absolute atomic E-state index is 0.00140. The van der Waals surface area contributed by atoms with Gasteiger partial charge in [-0.25, -0.2) is 4.98 Å². The number of amides is 1. The molecule has 0 radical (unpaired) electrons. The van der Waals surface area contributed by atoms with Crippen LogP contribution in [0.1, 0.15) is 38.2 Å². The summed E-state index contributed by atoms with van der Waals surface area (Å²) in [6, 6.07) is 9.60. The van der Waals surface area contributed by atoms with E-state index in [1.54, 1.807) is 14.2 Å². The average molecular weight is 381 g/mol. The van der Waals surface area contributed by atoms with E-state index in [1.807, 2.05) is 47.9 Å². The highest BCUT2D eigenvalue weighted by molar-refractivity contribution is 5.94. The Morgan fingerprint density at radius 1 is 1.11 bits per heavy atom. The van der Waals surface area contributed by atoms with Crippen molar-refractivity contribution in [1.82, 2.24) is 9.38 Å². The summed E-state index contributed by atoms with van der Waals surface area (Å²) in [5.41, 5.74) is 3.42. The van der Waals surface area contributed by atoms with Crippen LogP contribution in [0.25, 0.3) is 16.9 Å². The maximum absolute atomic E-state index is 12.5. The summed E-state index contributed by atoms with van der Waals surface area (Å²) in [6.07, 6.45) is 5.48. The molecule has 0 aliphatic carbocycles. The summed E-state index contributed by atoms with van der Waals surface area (Å²) in [5, 5.41) is 3.07. The number of pyridine rings is 1. The van der Waals surface area contributed by atoms with E-state index in [0.29, 0.717) is 29.4 Å². The Kier molecular flexibility index (Phi) is 6.19. The molecular formula is C22H27N3O3. The molecule has 0 unspecified atom stereocenters. The monoisotopic (exact) mass is 381 g/mol. The first kappa shape index (κ1) is 19.7. The molecular weight excluding hydrogens is 354 g/mol. The number of aromatic nitrogens is 2. The number of carbonyl (C=O) groups excluding carboxylic acids is 1. The van der Waals surface area contributed by atoms with Gasteiger partial charge in [0.25, 0.3) is 0 Å². The van der Waals surface area contributed by atoms with Gasteiger partial charge < -0.3 is 14.8 Å². The molecule has 1 N–H and O–H groups in total. The van der Waals surface area contributed by atoms with E-state index in [-0.39, 0.29) is 5.91 Å². The molecule has 1 aromatic carbocycles. The molecule has 0 atom stereocenters. The van der Waals surface area contributed by atoms with Crippen molar-refractivity contribution in [3.05, 3.63) is 42.1 Å². The zero-order valence-corrected chi connectivity index (χ0v) is 16.9. The lowest BCUT2D eigenvalue weighted by molar-refractivity contribution is -0.116. The van der Waals surface area contributed by atoms with Gasteiger partial charge in [0.15, 0.2) is 11.5 Å². The van der Waals surface area contributed by atoms with Gasteiger partial charge in [-0.15, -0.1) is 0 Å². The largest absolute Gasteiger partial charge is 0.493 e. The maximum atomic E-state index is 12.5. The highest BCUT2D eigenvalue weighted by atomic mass is 16.5. The molecule has 2 aromatic heterocycles. The van der Waals surface area contributed by atoms with Gasteiger partial charge in [-0.1, -0.05) is 25.8 Å². The minimum atomic E-state index is -0.00140. The molecule has 3 aromatic rings. The van der Waals surface area contributed by atoms with Crippen LogP contribution in [-0.2, 0) is 4.79 Å². The molecule has 0 aliphatic rings. The molecule has 0 aliphatic heterocycles. The van der Waals surface area contributed by atoms with Gasteiger partial charge in [0.1, 0.15) is 17.2 Å². The number of aryl methyl sites for hydroxylation is 1. The topological polar surface area (TPSA) is 64.9 Å². The van der Waals surface area contributed by atoms with Crippen molar-refractivity contribution >= 4 is 17.4 Å². The Morgan fingerprint density at radius 2 is 1.89 bits per heavy atom. The lowest BCUT2D eigenvalue weighted by Gasteiger charge is -2.11. The van der Waals surface area contributed by atoms with E-state index in [4.69, 9.17) is 14.5 Å². The number of imidazole rings is 1. The van der Waals surface area contributed by atoms with Crippen molar-refractivity contribution in [2.45, 2.75) is 39.5 Å². The van der Waals surface area contributed by atoms with E-state index >= 15 is 0 Å². The number of rotatable bonds is 8. The molecule has 1 amide bonds. The summed E-state index contributed by atoms with van der Waals surface area (Å²) in [4.78, 5) is 17.3. The zero-order valence-electron chi connectivity index (χ0n) is 16.9. The van der Waals surface area contributed by atoms with Crippen LogP contribution in [0.5, 0.6) is 11.5 Å². The van der Waals surface area contributed by atoms with Crippen LogP contribution in [0, 0.1) is 6.92 Å². The first-order valence-corrected chi connectivity index (χ1v) is 9.58. The van der Waals surface area contributed by atoms with Gasteiger partial charge in [0, 0.05) is 18.2 Å². The molecule has 6 nitrogen and oxygen atoms in total. The summed E-state index contributed by atoms with van der Waals surface area (Å²) >= 11 is 0. The third-order valence-corrected chi connectivity index (χ3v) is 4.69. The summed E-state index contributed by atoms with van der Waals surface area (Å²) < 4.78 is 12.7. The number of methoxy groups -OCH3 is 2. The van der Waals surface area contributed by atoms with Crippen molar-refractivity contribution in [1.29, 1.82) is 0 Å². The molecule has 0 saturated carbocycles. The second-order valence-electron chi connectivity index (χ2n) is 6.82. The minimum Gasteiger partial charge on any atom is -0.493 e. The second kappa shape index (κ2) is 8.78. The van der Waals surface area contributed by atoms with E-state index in [2.05, 4.69) is 12.2 Å². The molecule has 0 spiro atoms. The van der Waals surface area contributed by atoms with Gasteiger partial charge in [-0.3, -0.25) is 9.20 Å². The van der Waals surface area contributed by atoms with Crippen LogP contribution in [0.4, 0.5) is 5.82 Å². The third kappa shape index (κ3) is 4.11. The molecule has 2 heterocycles. The van der Waals surface area contributed by atoms with E-state index in [1.165, 1.54) is 0 Å². The smallest absolute Gasteiger partial charge is 0.225 e. The fourth-order valence-corrected chi connectivity index (χ4v) is 3.19. The van der Waals surface area contributed by atoms with Crippen LogP contribution in [-0.4, -0.2) is 29.5 Å². The van der Waals surface area contributed by atoms with Crippen LogP contribution in [0.2, 0.25) is 0 Å².